The summed E-state index contributed by atoms with van der Waals surface area (Å²) in [5.41, 5.74) is 1.47. The Morgan fingerprint density at radius 3 is 2.48 bits per heavy atom. The standard InChI is InChI=1S/C16H15FN2O2/c1-11(20)12-5-3-7-14(9-12)18-16(21)19(2)15-8-4-6-13(17)10-15/h3-10H,1-2H3,(H,18,21). The number of urea groups is 1. The summed E-state index contributed by atoms with van der Waals surface area (Å²) in [6.45, 7) is 1.46. The average Bonchev–Trinajstić information content (AvgIpc) is 2.46. The van der Waals surface area contributed by atoms with Gasteiger partial charge in [0.1, 0.15) is 5.82 Å². The second-order valence-electron chi connectivity index (χ2n) is 4.61. The van der Waals surface area contributed by atoms with E-state index < -0.39 is 11.8 Å². The SMILES string of the molecule is CC(=O)c1cccc(NC(=O)N(C)c2cccc(F)c2)c1. The zero-order chi connectivity index (χ0) is 15.4. The minimum atomic E-state index is -0.415. The molecular weight excluding hydrogens is 271 g/mol. The van der Waals surface area contributed by atoms with Crippen molar-refractivity contribution in [2.75, 3.05) is 17.3 Å². The minimum Gasteiger partial charge on any atom is -0.308 e. The lowest BCUT2D eigenvalue weighted by molar-refractivity contribution is 0.101. The fourth-order valence-corrected chi connectivity index (χ4v) is 1.83. The first-order chi connectivity index (χ1) is 9.97. The molecule has 0 aromatic heterocycles. The summed E-state index contributed by atoms with van der Waals surface area (Å²) in [5.74, 6) is -0.490. The molecule has 2 aromatic rings. The van der Waals surface area contributed by atoms with Crippen molar-refractivity contribution in [1.29, 1.82) is 0 Å². The Hall–Kier alpha value is -2.69. The van der Waals surface area contributed by atoms with Gasteiger partial charge in [0, 0.05) is 24.0 Å². The van der Waals surface area contributed by atoms with Gasteiger partial charge in [-0.25, -0.2) is 9.18 Å². The number of rotatable bonds is 3. The van der Waals surface area contributed by atoms with Crippen molar-refractivity contribution in [3.05, 3.63) is 59.9 Å². The number of nitrogens with zero attached hydrogens (tertiary/aromatic N) is 1. The molecule has 0 saturated heterocycles. The van der Waals surface area contributed by atoms with Gasteiger partial charge >= 0.3 is 6.03 Å². The molecule has 4 nitrogen and oxygen atoms in total. The molecule has 1 N–H and O–H groups in total. The lowest BCUT2D eigenvalue weighted by Gasteiger charge is -2.18. The van der Waals surface area contributed by atoms with Crippen LogP contribution >= 0.6 is 0 Å². The van der Waals surface area contributed by atoms with Crippen molar-refractivity contribution in [1.82, 2.24) is 0 Å². The van der Waals surface area contributed by atoms with Gasteiger partial charge in [0.2, 0.25) is 0 Å². The highest BCUT2D eigenvalue weighted by Gasteiger charge is 2.12. The molecule has 0 aliphatic carbocycles. The van der Waals surface area contributed by atoms with Crippen LogP contribution in [0, 0.1) is 5.82 Å². The molecule has 2 aromatic carbocycles. The molecular formula is C16H15FN2O2. The van der Waals surface area contributed by atoms with Gasteiger partial charge in [0.25, 0.3) is 0 Å². The maximum atomic E-state index is 13.2. The molecule has 21 heavy (non-hydrogen) atoms. The van der Waals surface area contributed by atoms with Crippen LogP contribution in [0.2, 0.25) is 0 Å². The highest BCUT2D eigenvalue weighted by molar-refractivity contribution is 6.02. The number of carbonyl (C=O) groups excluding carboxylic acids is 2. The lowest BCUT2D eigenvalue weighted by atomic mass is 10.1. The van der Waals surface area contributed by atoms with Crippen LogP contribution < -0.4 is 10.2 Å². The van der Waals surface area contributed by atoms with Crippen molar-refractivity contribution < 1.29 is 14.0 Å². The Labute approximate surface area is 122 Å². The monoisotopic (exact) mass is 286 g/mol. The first kappa shape index (κ1) is 14.7. The fraction of sp³-hybridized carbons (Fsp3) is 0.125. The van der Waals surface area contributed by atoms with Gasteiger partial charge in [-0.05, 0) is 37.3 Å². The number of ketones is 1. The van der Waals surface area contributed by atoms with Crippen LogP contribution in [0.25, 0.3) is 0 Å². The summed E-state index contributed by atoms with van der Waals surface area (Å²) < 4.78 is 13.2. The average molecular weight is 286 g/mol. The van der Waals surface area contributed by atoms with Gasteiger partial charge in [-0.2, -0.15) is 0 Å². The molecule has 0 radical (unpaired) electrons. The lowest BCUT2D eigenvalue weighted by Crippen LogP contribution is -2.31. The van der Waals surface area contributed by atoms with Gasteiger partial charge < -0.3 is 5.32 Å². The summed E-state index contributed by atoms with van der Waals surface area (Å²) in [6.07, 6.45) is 0. The quantitative estimate of drug-likeness (QED) is 0.875. The van der Waals surface area contributed by atoms with Crippen LogP contribution in [0.3, 0.4) is 0 Å². The van der Waals surface area contributed by atoms with Gasteiger partial charge in [0.15, 0.2) is 5.78 Å². The van der Waals surface area contributed by atoms with Crippen molar-refractivity contribution in [2.45, 2.75) is 6.92 Å². The third kappa shape index (κ3) is 3.66. The van der Waals surface area contributed by atoms with Crippen LogP contribution in [0.5, 0.6) is 0 Å². The first-order valence-corrected chi connectivity index (χ1v) is 6.38. The molecule has 0 spiro atoms. The zero-order valence-corrected chi connectivity index (χ0v) is 11.8. The Kier molecular flexibility index (Phi) is 4.33. The second-order valence-corrected chi connectivity index (χ2v) is 4.61. The molecule has 0 atom stereocenters. The van der Waals surface area contributed by atoms with Crippen LogP contribution in [-0.2, 0) is 0 Å². The highest BCUT2D eigenvalue weighted by atomic mass is 19.1. The molecule has 108 valence electrons. The van der Waals surface area contributed by atoms with E-state index in [9.17, 15) is 14.0 Å². The Balaban J connectivity index is 2.14. The summed E-state index contributed by atoms with van der Waals surface area (Å²) in [7, 11) is 1.54. The van der Waals surface area contributed by atoms with Crippen LogP contribution in [-0.4, -0.2) is 18.9 Å². The normalized spacial score (nSPS) is 10.0. The number of hydrogen-bond donors (Lipinski definition) is 1. The third-order valence-electron chi connectivity index (χ3n) is 3.02. The summed E-state index contributed by atoms with van der Waals surface area (Å²) in [5, 5.41) is 2.67. The van der Waals surface area contributed by atoms with Gasteiger partial charge in [-0.1, -0.05) is 18.2 Å². The molecule has 0 unspecified atom stereocenters. The van der Waals surface area contributed by atoms with Gasteiger partial charge in [0.05, 0.1) is 0 Å². The first-order valence-electron chi connectivity index (χ1n) is 6.38. The highest BCUT2D eigenvalue weighted by Crippen LogP contribution is 2.16. The number of nitrogens with one attached hydrogen (secondary N) is 1. The van der Waals surface area contributed by atoms with E-state index in [1.807, 2.05) is 0 Å². The number of carbonyl (C=O) groups is 2. The topological polar surface area (TPSA) is 49.4 Å². The molecule has 2 rings (SSSR count). The maximum absolute atomic E-state index is 13.2. The third-order valence-corrected chi connectivity index (χ3v) is 3.02. The van der Waals surface area contributed by atoms with E-state index in [0.717, 1.165) is 0 Å². The summed E-state index contributed by atoms with van der Waals surface area (Å²) in [6, 6.07) is 12.0. The number of anilines is 2. The van der Waals surface area contributed by atoms with E-state index in [-0.39, 0.29) is 5.78 Å². The second kappa shape index (κ2) is 6.17. The molecule has 0 aliphatic heterocycles. The van der Waals surface area contributed by atoms with Crippen molar-refractivity contribution in [3.8, 4) is 0 Å². The van der Waals surface area contributed by atoms with E-state index in [0.29, 0.717) is 16.9 Å². The zero-order valence-electron chi connectivity index (χ0n) is 11.8. The van der Waals surface area contributed by atoms with Crippen LogP contribution in [0.15, 0.2) is 48.5 Å². The number of amides is 2. The van der Waals surface area contributed by atoms with Gasteiger partial charge in [-0.3, -0.25) is 9.69 Å². The Morgan fingerprint density at radius 2 is 1.81 bits per heavy atom. The van der Waals surface area contributed by atoms with Crippen LogP contribution in [0.4, 0.5) is 20.6 Å². The molecule has 0 heterocycles. The number of hydrogen-bond acceptors (Lipinski definition) is 2. The predicted octanol–water partition coefficient (Wildman–Crippen LogP) is 3.70. The van der Waals surface area contributed by atoms with E-state index >= 15 is 0 Å². The summed E-state index contributed by atoms with van der Waals surface area (Å²) >= 11 is 0. The largest absolute Gasteiger partial charge is 0.326 e. The molecule has 0 saturated carbocycles. The smallest absolute Gasteiger partial charge is 0.308 e. The minimum absolute atomic E-state index is 0.0791. The maximum Gasteiger partial charge on any atom is 0.326 e. The van der Waals surface area contributed by atoms with E-state index in [4.69, 9.17) is 0 Å². The van der Waals surface area contributed by atoms with Crippen molar-refractivity contribution >= 4 is 23.2 Å². The summed E-state index contributed by atoms with van der Waals surface area (Å²) in [4.78, 5) is 24.7. The fourth-order valence-electron chi connectivity index (χ4n) is 1.83. The molecule has 0 bridgehead atoms. The molecule has 2 amide bonds. The number of Topliss-reactive ketones (excluding diaryl/α,β-unsaturated/α-hetero) is 1. The molecule has 0 aliphatic rings. The Bertz CT molecular complexity index is 685. The Morgan fingerprint density at radius 1 is 1.10 bits per heavy atom. The predicted molar refractivity (Wildman–Crippen MR) is 80.3 cm³/mol. The molecule has 0 fully saturated rings. The van der Waals surface area contributed by atoms with Gasteiger partial charge in [-0.15, -0.1) is 0 Å². The number of benzene rings is 2. The van der Waals surface area contributed by atoms with Crippen LogP contribution in [0.1, 0.15) is 17.3 Å². The van der Waals surface area contributed by atoms with E-state index in [1.165, 1.54) is 30.0 Å². The number of halogens is 1. The van der Waals surface area contributed by atoms with E-state index in [1.54, 1.807) is 37.4 Å². The van der Waals surface area contributed by atoms with Crippen molar-refractivity contribution in [3.63, 3.8) is 0 Å². The molecule has 5 heteroatoms. The van der Waals surface area contributed by atoms with Crippen molar-refractivity contribution in [2.24, 2.45) is 0 Å². The van der Waals surface area contributed by atoms with E-state index in [2.05, 4.69) is 5.32 Å².